The van der Waals surface area contributed by atoms with Crippen molar-refractivity contribution in [3.05, 3.63) is 75.9 Å². The molecule has 0 atom stereocenters. The fourth-order valence-electron chi connectivity index (χ4n) is 3.43. The monoisotopic (exact) mass is 471 g/mol. The molecule has 0 saturated carbocycles. The average molecular weight is 471 g/mol. The molecule has 1 aliphatic rings. The second kappa shape index (κ2) is 9.12. The van der Waals surface area contributed by atoms with Crippen LogP contribution in [-0.4, -0.2) is 40.0 Å². The molecule has 176 valence electrons. The number of anilines is 2. The molecule has 0 fully saturated rings. The van der Waals surface area contributed by atoms with Crippen LogP contribution < -0.4 is 11.0 Å². The number of rotatable bonds is 4. The largest absolute Gasteiger partial charge is 0.419 e. The number of H-pyrrole nitrogens is 1. The molecular weight excluding hydrogens is 452 g/mol. The molecule has 0 saturated heterocycles. The third-order valence-electron chi connectivity index (χ3n) is 5.02. The normalized spacial score (nSPS) is 15.0. The number of nitrogens with zero attached hydrogens (tertiary/aromatic N) is 2. The predicted octanol–water partition coefficient (Wildman–Crippen LogP) is 4.58. The van der Waals surface area contributed by atoms with Crippen molar-refractivity contribution < 1.29 is 26.3 Å². The SMILES string of the molecule is C=C/C=C(\C(=N)N1CCc2[nH]c(=O)nc(Nc3ccc(C(F)(F)F)cc3)c2CC1)C(F)(F)F. The van der Waals surface area contributed by atoms with E-state index in [0.717, 1.165) is 24.3 Å². The maximum absolute atomic E-state index is 13.3. The Labute approximate surface area is 184 Å². The lowest BCUT2D eigenvalue weighted by atomic mass is 10.1. The van der Waals surface area contributed by atoms with Crippen LogP contribution in [0.1, 0.15) is 16.8 Å². The van der Waals surface area contributed by atoms with Gasteiger partial charge in [0.2, 0.25) is 0 Å². The lowest BCUT2D eigenvalue weighted by Gasteiger charge is -2.25. The van der Waals surface area contributed by atoms with Crippen LogP contribution in [-0.2, 0) is 19.0 Å². The summed E-state index contributed by atoms with van der Waals surface area (Å²) in [5, 5.41) is 10.9. The predicted molar refractivity (Wildman–Crippen MR) is 111 cm³/mol. The van der Waals surface area contributed by atoms with Gasteiger partial charge in [-0.25, -0.2) is 4.79 Å². The summed E-state index contributed by atoms with van der Waals surface area (Å²) in [5.74, 6) is -0.623. The highest BCUT2D eigenvalue weighted by Gasteiger charge is 2.38. The molecule has 1 aromatic heterocycles. The van der Waals surface area contributed by atoms with E-state index in [9.17, 15) is 31.1 Å². The maximum Gasteiger partial charge on any atom is 0.419 e. The number of benzene rings is 1. The van der Waals surface area contributed by atoms with Gasteiger partial charge in [0.1, 0.15) is 11.7 Å². The zero-order valence-corrected chi connectivity index (χ0v) is 17.1. The summed E-state index contributed by atoms with van der Waals surface area (Å²) in [6, 6.07) is 4.13. The average Bonchev–Trinajstić information content (AvgIpc) is 2.93. The van der Waals surface area contributed by atoms with Crippen LogP contribution in [0.15, 0.2) is 53.4 Å². The highest BCUT2D eigenvalue weighted by atomic mass is 19.4. The molecule has 33 heavy (non-hydrogen) atoms. The van der Waals surface area contributed by atoms with Crippen LogP contribution in [0.5, 0.6) is 0 Å². The molecule has 0 radical (unpaired) electrons. The number of amidine groups is 1. The van der Waals surface area contributed by atoms with Gasteiger partial charge in [0, 0.05) is 36.5 Å². The number of aromatic nitrogens is 2. The second-order valence-electron chi connectivity index (χ2n) is 7.20. The minimum atomic E-state index is -4.74. The Balaban J connectivity index is 1.86. The lowest BCUT2D eigenvalue weighted by molar-refractivity contribution is -0.137. The van der Waals surface area contributed by atoms with Gasteiger partial charge in [0.15, 0.2) is 0 Å². The van der Waals surface area contributed by atoms with Gasteiger partial charge in [-0.1, -0.05) is 12.7 Å². The summed E-state index contributed by atoms with van der Waals surface area (Å²) in [5.41, 5.74) is -1.50. The number of hydrogen-bond acceptors (Lipinski definition) is 4. The van der Waals surface area contributed by atoms with Gasteiger partial charge in [-0.15, -0.1) is 0 Å². The minimum absolute atomic E-state index is 0.0335. The van der Waals surface area contributed by atoms with Crippen molar-refractivity contribution in [3.63, 3.8) is 0 Å². The molecule has 0 spiro atoms. The Morgan fingerprint density at radius 1 is 1.12 bits per heavy atom. The molecule has 6 nitrogen and oxygen atoms in total. The first-order valence-electron chi connectivity index (χ1n) is 9.70. The quantitative estimate of drug-likeness (QED) is 0.264. The zero-order valence-electron chi connectivity index (χ0n) is 17.1. The minimum Gasteiger partial charge on any atom is -0.356 e. The van der Waals surface area contributed by atoms with Crippen LogP contribution >= 0.6 is 0 Å². The zero-order chi connectivity index (χ0) is 24.4. The summed E-state index contributed by atoms with van der Waals surface area (Å²) in [6.45, 7) is 3.33. The summed E-state index contributed by atoms with van der Waals surface area (Å²) < 4.78 is 78.3. The van der Waals surface area contributed by atoms with Crippen LogP contribution in [0, 0.1) is 5.41 Å². The molecule has 0 aliphatic carbocycles. The summed E-state index contributed by atoms with van der Waals surface area (Å²) in [6.07, 6.45) is -7.28. The number of fused-ring (bicyclic) bond motifs is 1. The third kappa shape index (κ3) is 5.62. The van der Waals surface area contributed by atoms with Crippen LogP contribution in [0.25, 0.3) is 0 Å². The van der Waals surface area contributed by atoms with Crippen molar-refractivity contribution in [2.45, 2.75) is 25.2 Å². The van der Waals surface area contributed by atoms with E-state index in [-0.39, 0.29) is 37.4 Å². The van der Waals surface area contributed by atoms with E-state index in [1.807, 2.05) is 0 Å². The van der Waals surface area contributed by atoms with Gasteiger partial charge in [-0.05, 0) is 36.8 Å². The van der Waals surface area contributed by atoms with Crippen molar-refractivity contribution in [1.82, 2.24) is 14.9 Å². The van der Waals surface area contributed by atoms with Gasteiger partial charge in [-0.3, -0.25) is 5.41 Å². The molecule has 0 unspecified atom stereocenters. The highest BCUT2D eigenvalue weighted by Crippen LogP contribution is 2.31. The van der Waals surface area contributed by atoms with Crippen molar-refractivity contribution >= 4 is 17.3 Å². The fraction of sp³-hybridized carbons (Fsp3) is 0.286. The van der Waals surface area contributed by atoms with E-state index < -0.39 is 35.0 Å². The first-order chi connectivity index (χ1) is 15.4. The smallest absolute Gasteiger partial charge is 0.356 e. The summed E-state index contributed by atoms with van der Waals surface area (Å²) >= 11 is 0. The fourth-order valence-corrected chi connectivity index (χ4v) is 3.43. The first-order valence-corrected chi connectivity index (χ1v) is 9.70. The van der Waals surface area contributed by atoms with E-state index in [1.165, 1.54) is 17.0 Å². The standard InChI is InChI=1S/C21H19F6N5O/c1-2-3-15(21(25,26)27)17(28)32-10-8-14-16(9-11-32)30-19(33)31-18(14)29-13-6-4-12(5-7-13)20(22,23)24/h2-7,28H,1,8-11H2,(H2,29,30,31,33)/b15-3+,28-17?. The molecule has 0 amide bonds. The Morgan fingerprint density at radius 2 is 1.76 bits per heavy atom. The van der Waals surface area contributed by atoms with Crippen LogP contribution in [0.4, 0.5) is 37.8 Å². The Hall–Kier alpha value is -3.57. The molecule has 12 heteroatoms. The number of allylic oxidation sites excluding steroid dienone is 2. The lowest BCUT2D eigenvalue weighted by Crippen LogP contribution is -2.37. The van der Waals surface area contributed by atoms with E-state index in [0.29, 0.717) is 11.3 Å². The Kier molecular flexibility index (Phi) is 6.65. The molecule has 1 aromatic carbocycles. The summed E-state index contributed by atoms with van der Waals surface area (Å²) in [4.78, 5) is 19.7. The number of hydrogen-bond donors (Lipinski definition) is 3. The molecule has 2 heterocycles. The molecule has 1 aliphatic heterocycles. The van der Waals surface area contributed by atoms with E-state index >= 15 is 0 Å². The Bertz CT molecular complexity index is 1130. The topological polar surface area (TPSA) is 84.9 Å². The van der Waals surface area contributed by atoms with E-state index in [4.69, 9.17) is 5.41 Å². The highest BCUT2D eigenvalue weighted by molar-refractivity contribution is 5.97. The Morgan fingerprint density at radius 3 is 2.33 bits per heavy atom. The van der Waals surface area contributed by atoms with E-state index in [1.54, 1.807) is 0 Å². The molecule has 3 N–H and O–H groups in total. The first kappa shape index (κ1) is 24.1. The number of halogens is 6. The van der Waals surface area contributed by atoms with Crippen molar-refractivity contribution in [2.75, 3.05) is 18.4 Å². The number of alkyl halides is 6. The van der Waals surface area contributed by atoms with Gasteiger partial charge in [-0.2, -0.15) is 31.3 Å². The van der Waals surface area contributed by atoms with Crippen LogP contribution in [0.3, 0.4) is 0 Å². The number of aromatic amines is 1. The van der Waals surface area contributed by atoms with Gasteiger partial charge >= 0.3 is 18.0 Å². The third-order valence-corrected chi connectivity index (χ3v) is 5.02. The van der Waals surface area contributed by atoms with Gasteiger partial charge in [0.25, 0.3) is 0 Å². The van der Waals surface area contributed by atoms with Gasteiger partial charge < -0.3 is 15.2 Å². The summed E-state index contributed by atoms with van der Waals surface area (Å²) in [7, 11) is 0. The second-order valence-corrected chi connectivity index (χ2v) is 7.20. The number of nitrogens with one attached hydrogen (secondary N) is 3. The van der Waals surface area contributed by atoms with Crippen LogP contribution in [0.2, 0.25) is 0 Å². The van der Waals surface area contributed by atoms with Crippen molar-refractivity contribution in [3.8, 4) is 0 Å². The molecule has 3 rings (SSSR count). The van der Waals surface area contributed by atoms with Crippen molar-refractivity contribution in [1.29, 1.82) is 5.41 Å². The van der Waals surface area contributed by atoms with E-state index in [2.05, 4.69) is 21.9 Å². The maximum atomic E-state index is 13.3. The molecule has 2 aromatic rings. The molecule has 0 bridgehead atoms. The van der Waals surface area contributed by atoms with Gasteiger partial charge in [0.05, 0.1) is 11.1 Å². The van der Waals surface area contributed by atoms with Crippen molar-refractivity contribution in [2.24, 2.45) is 0 Å². The molecular formula is C21H19F6N5O.